The van der Waals surface area contributed by atoms with Crippen LogP contribution in [0.1, 0.15) is 45.4 Å². The summed E-state index contributed by atoms with van der Waals surface area (Å²) < 4.78 is 27.5. The average Bonchev–Trinajstić information content (AvgIpc) is 2.68. The first-order valence-corrected chi connectivity index (χ1v) is 11.5. The third-order valence-electron chi connectivity index (χ3n) is 4.78. The van der Waals surface area contributed by atoms with E-state index in [9.17, 15) is 18.0 Å². The Morgan fingerprint density at radius 1 is 1.11 bits per heavy atom. The Morgan fingerprint density at radius 3 is 2.39 bits per heavy atom. The summed E-state index contributed by atoms with van der Waals surface area (Å²) in [6.45, 7) is 3.16. The molecule has 0 bridgehead atoms. The maximum Gasteiger partial charge on any atom is 0.309 e. The number of piperidine rings is 1. The van der Waals surface area contributed by atoms with Crippen molar-refractivity contribution in [3.05, 3.63) is 29.3 Å². The Hall–Kier alpha value is -1.64. The van der Waals surface area contributed by atoms with Crippen LogP contribution < -0.4 is 10.6 Å². The molecule has 0 aliphatic carbocycles. The Labute approximate surface area is 171 Å². The minimum atomic E-state index is -3.63. The van der Waals surface area contributed by atoms with Crippen LogP contribution >= 0.6 is 11.6 Å². The predicted octanol–water partition coefficient (Wildman–Crippen LogP) is 2.31. The molecular weight excluding hydrogens is 402 g/mol. The highest BCUT2D eigenvalue weighted by atomic mass is 35.5. The Kier molecular flexibility index (Phi) is 8.72. The van der Waals surface area contributed by atoms with Gasteiger partial charge in [-0.3, -0.25) is 9.59 Å². The molecule has 1 saturated heterocycles. The van der Waals surface area contributed by atoms with Gasteiger partial charge >= 0.3 is 11.8 Å². The highest BCUT2D eigenvalue weighted by Gasteiger charge is 2.33. The van der Waals surface area contributed by atoms with E-state index in [0.717, 1.165) is 32.1 Å². The lowest BCUT2D eigenvalue weighted by Crippen LogP contribution is -2.46. The Morgan fingerprint density at radius 2 is 1.75 bits per heavy atom. The van der Waals surface area contributed by atoms with Crippen LogP contribution in [0.5, 0.6) is 0 Å². The van der Waals surface area contributed by atoms with Gasteiger partial charge in [-0.2, -0.15) is 4.31 Å². The fourth-order valence-corrected chi connectivity index (χ4v) is 5.06. The molecule has 1 aliphatic heterocycles. The normalized spacial score (nSPS) is 17.9. The first-order chi connectivity index (χ1) is 13.4. The van der Waals surface area contributed by atoms with Gasteiger partial charge < -0.3 is 10.6 Å². The predicted molar refractivity (Wildman–Crippen MR) is 109 cm³/mol. The van der Waals surface area contributed by atoms with Gasteiger partial charge in [0.25, 0.3) is 0 Å². The minimum absolute atomic E-state index is 0.210. The number of sulfonamides is 1. The second-order valence-electron chi connectivity index (χ2n) is 6.87. The molecule has 0 saturated carbocycles. The summed E-state index contributed by atoms with van der Waals surface area (Å²) in [5.41, 5.74) is 0. The van der Waals surface area contributed by atoms with Crippen LogP contribution in [-0.4, -0.2) is 50.2 Å². The van der Waals surface area contributed by atoms with E-state index in [1.807, 2.05) is 6.92 Å². The molecule has 2 amide bonds. The molecule has 1 aromatic carbocycles. The van der Waals surface area contributed by atoms with Crippen LogP contribution in [0.25, 0.3) is 0 Å². The summed E-state index contributed by atoms with van der Waals surface area (Å²) in [6.07, 6.45) is 4.67. The highest BCUT2D eigenvalue weighted by Crippen LogP contribution is 2.27. The van der Waals surface area contributed by atoms with Crippen molar-refractivity contribution < 1.29 is 18.0 Å². The summed E-state index contributed by atoms with van der Waals surface area (Å²) in [5.74, 6) is -1.33. The van der Waals surface area contributed by atoms with Gasteiger partial charge in [-0.1, -0.05) is 31.4 Å². The summed E-state index contributed by atoms with van der Waals surface area (Å²) in [6, 6.07) is 5.92. The maximum absolute atomic E-state index is 13.0. The van der Waals surface area contributed by atoms with Crippen molar-refractivity contribution in [2.24, 2.45) is 0 Å². The van der Waals surface area contributed by atoms with Gasteiger partial charge in [-0.15, -0.1) is 0 Å². The molecule has 0 radical (unpaired) electrons. The van der Waals surface area contributed by atoms with Crippen LogP contribution in [0.15, 0.2) is 29.2 Å². The van der Waals surface area contributed by atoms with E-state index in [1.165, 1.54) is 16.4 Å². The second kappa shape index (κ2) is 10.8. The lowest BCUT2D eigenvalue weighted by atomic mass is 10.0. The molecule has 0 aromatic heterocycles. The molecule has 1 atom stereocenters. The fraction of sp³-hybridized carbons (Fsp3) is 0.579. The quantitative estimate of drug-likeness (QED) is 0.489. The molecular formula is C19H28ClN3O4S. The maximum atomic E-state index is 13.0. The van der Waals surface area contributed by atoms with Crippen LogP contribution in [0, 0.1) is 0 Å². The van der Waals surface area contributed by atoms with E-state index in [2.05, 4.69) is 10.6 Å². The van der Waals surface area contributed by atoms with Gasteiger partial charge in [0, 0.05) is 30.7 Å². The van der Waals surface area contributed by atoms with Crippen LogP contribution in [0.4, 0.5) is 0 Å². The standard InChI is InChI=1S/C19H28ClN3O4S/c1-2-3-12-21-18(24)19(25)22-13-11-16-6-4-5-14-23(16)28(26,27)17-9-7-15(20)8-10-17/h7-10,16H,2-6,11-14H2,1H3,(H,21,24)(H,22,25)/t16-/m1/s1. The van der Waals surface area contributed by atoms with E-state index < -0.39 is 21.8 Å². The minimum Gasteiger partial charge on any atom is -0.348 e. The summed E-state index contributed by atoms with van der Waals surface area (Å²) in [5, 5.41) is 5.63. The van der Waals surface area contributed by atoms with E-state index in [1.54, 1.807) is 12.1 Å². The van der Waals surface area contributed by atoms with E-state index in [-0.39, 0.29) is 17.5 Å². The lowest BCUT2D eigenvalue weighted by Gasteiger charge is -2.34. The topological polar surface area (TPSA) is 95.6 Å². The summed E-state index contributed by atoms with van der Waals surface area (Å²) in [7, 11) is -3.63. The van der Waals surface area contributed by atoms with Crippen molar-refractivity contribution in [2.45, 2.75) is 56.4 Å². The van der Waals surface area contributed by atoms with Crippen molar-refractivity contribution in [1.82, 2.24) is 14.9 Å². The molecule has 9 heteroatoms. The Balaban J connectivity index is 1.93. The number of amides is 2. The number of carbonyl (C=O) groups is 2. The average molecular weight is 430 g/mol. The molecule has 28 heavy (non-hydrogen) atoms. The van der Waals surface area contributed by atoms with Gasteiger partial charge in [0.15, 0.2) is 0 Å². The van der Waals surface area contributed by atoms with Gasteiger partial charge in [0.05, 0.1) is 4.90 Å². The first-order valence-electron chi connectivity index (χ1n) is 9.69. The van der Waals surface area contributed by atoms with Crippen molar-refractivity contribution in [3.63, 3.8) is 0 Å². The summed E-state index contributed by atoms with van der Waals surface area (Å²) >= 11 is 5.86. The zero-order valence-corrected chi connectivity index (χ0v) is 17.7. The van der Waals surface area contributed by atoms with E-state index in [4.69, 9.17) is 11.6 Å². The van der Waals surface area contributed by atoms with Gasteiger partial charge in [-0.25, -0.2) is 8.42 Å². The first kappa shape index (κ1) is 22.6. The third kappa shape index (κ3) is 6.18. The van der Waals surface area contributed by atoms with E-state index >= 15 is 0 Å². The second-order valence-corrected chi connectivity index (χ2v) is 9.20. The molecule has 1 fully saturated rings. The van der Waals surface area contributed by atoms with Crippen molar-refractivity contribution in [1.29, 1.82) is 0 Å². The molecule has 7 nitrogen and oxygen atoms in total. The molecule has 156 valence electrons. The fourth-order valence-electron chi connectivity index (χ4n) is 3.21. The van der Waals surface area contributed by atoms with Gasteiger partial charge in [-0.05, 0) is 49.9 Å². The number of carbonyl (C=O) groups excluding carboxylic acids is 2. The molecule has 1 heterocycles. The van der Waals surface area contributed by atoms with Crippen molar-refractivity contribution >= 4 is 33.4 Å². The molecule has 2 rings (SSSR count). The lowest BCUT2D eigenvalue weighted by molar-refractivity contribution is -0.139. The zero-order valence-electron chi connectivity index (χ0n) is 16.1. The third-order valence-corrected chi connectivity index (χ3v) is 7.00. The molecule has 2 N–H and O–H groups in total. The molecule has 1 aliphatic rings. The number of rotatable bonds is 8. The van der Waals surface area contributed by atoms with Crippen LogP contribution in [0.3, 0.4) is 0 Å². The van der Waals surface area contributed by atoms with Crippen molar-refractivity contribution in [2.75, 3.05) is 19.6 Å². The van der Waals surface area contributed by atoms with Crippen molar-refractivity contribution in [3.8, 4) is 0 Å². The van der Waals surface area contributed by atoms with Gasteiger partial charge in [0.1, 0.15) is 0 Å². The largest absolute Gasteiger partial charge is 0.348 e. The Bertz CT molecular complexity index is 768. The number of benzene rings is 1. The highest BCUT2D eigenvalue weighted by molar-refractivity contribution is 7.89. The van der Waals surface area contributed by atoms with E-state index in [0.29, 0.717) is 24.5 Å². The molecule has 1 aromatic rings. The molecule has 0 spiro atoms. The zero-order chi connectivity index (χ0) is 20.6. The SMILES string of the molecule is CCCCNC(=O)C(=O)NCC[C@H]1CCCCN1S(=O)(=O)c1ccc(Cl)cc1. The smallest absolute Gasteiger partial charge is 0.309 e. The molecule has 0 unspecified atom stereocenters. The van der Waals surface area contributed by atoms with Gasteiger partial charge in [0.2, 0.25) is 10.0 Å². The number of nitrogens with zero attached hydrogens (tertiary/aromatic N) is 1. The number of hydrogen-bond acceptors (Lipinski definition) is 4. The number of nitrogens with one attached hydrogen (secondary N) is 2. The van der Waals surface area contributed by atoms with Crippen LogP contribution in [-0.2, 0) is 19.6 Å². The summed E-state index contributed by atoms with van der Waals surface area (Å²) in [4.78, 5) is 23.8. The number of unbranched alkanes of at least 4 members (excludes halogenated alkanes) is 1. The number of halogens is 1. The van der Waals surface area contributed by atoms with Crippen LogP contribution in [0.2, 0.25) is 5.02 Å². The monoisotopic (exact) mass is 429 g/mol. The number of hydrogen-bond donors (Lipinski definition) is 2.